The minimum absolute atomic E-state index is 0.0532. The van der Waals surface area contributed by atoms with Gasteiger partial charge >= 0.3 is 18.7 Å². The van der Waals surface area contributed by atoms with E-state index in [4.69, 9.17) is 0 Å². The van der Waals surface area contributed by atoms with Gasteiger partial charge in [0.15, 0.2) is 0 Å². The van der Waals surface area contributed by atoms with E-state index in [1.54, 1.807) is 6.26 Å². The molecule has 1 aromatic carbocycles. The number of benzene rings is 1. The zero-order valence-corrected chi connectivity index (χ0v) is 15.3. The van der Waals surface area contributed by atoms with Crippen molar-refractivity contribution >= 4 is 36.1 Å². The van der Waals surface area contributed by atoms with E-state index < -0.39 is 29.4 Å². The quantitative estimate of drug-likeness (QED) is 0.181. The lowest BCUT2D eigenvalue weighted by molar-refractivity contribution is -0.384. The van der Waals surface area contributed by atoms with Crippen LogP contribution in [-0.4, -0.2) is 42.5 Å². The van der Waals surface area contributed by atoms with Gasteiger partial charge in [-0.05, 0) is 24.0 Å². The second-order valence-electron chi connectivity index (χ2n) is 5.46. The number of hydrogen-bond donors (Lipinski definition) is 5. The summed E-state index contributed by atoms with van der Waals surface area (Å²) in [4.78, 5) is 56.9. The van der Waals surface area contributed by atoms with E-state index in [2.05, 4.69) is 15.3 Å². The second kappa shape index (κ2) is 8.14. The van der Waals surface area contributed by atoms with Crippen LogP contribution >= 0.6 is 19.4 Å². The molecule has 0 bridgehead atoms. The highest BCUT2D eigenvalue weighted by Gasteiger charge is 2.28. The third-order valence-corrected chi connectivity index (χ3v) is 5.53. The van der Waals surface area contributed by atoms with E-state index in [9.17, 15) is 34.1 Å². The maximum Gasteiger partial charge on any atom is 0.342 e. The monoisotopic (exact) mass is 404 g/mol. The molecule has 0 aliphatic heterocycles. The molecular formula is C13H17N4O7PS. The van der Waals surface area contributed by atoms with Gasteiger partial charge in [0.1, 0.15) is 5.78 Å². The molecule has 0 radical (unpaired) electrons. The third kappa shape index (κ3) is 4.80. The van der Waals surface area contributed by atoms with Gasteiger partial charge in [-0.25, -0.2) is 0 Å². The molecule has 0 aliphatic carbocycles. The summed E-state index contributed by atoms with van der Waals surface area (Å²) in [6.45, 7) is -0.148. The van der Waals surface area contributed by atoms with Crippen molar-refractivity contribution in [1.29, 1.82) is 0 Å². The summed E-state index contributed by atoms with van der Waals surface area (Å²) in [5.41, 5.74) is -1.77. The van der Waals surface area contributed by atoms with Gasteiger partial charge in [0.2, 0.25) is 0 Å². The predicted octanol–water partition coefficient (Wildman–Crippen LogP) is 0.471. The second-order valence-corrected chi connectivity index (χ2v) is 8.25. The zero-order chi connectivity index (χ0) is 19.5. The molecular weight excluding hydrogens is 387 g/mol. The van der Waals surface area contributed by atoms with Gasteiger partial charge in [0.05, 0.1) is 16.0 Å². The number of fused-ring (bicyclic) bond motifs is 1. The summed E-state index contributed by atoms with van der Waals surface area (Å²) in [6.07, 6.45) is 1.98. The Morgan fingerprint density at radius 2 is 1.96 bits per heavy atom. The Kier molecular flexibility index (Phi) is 6.37. The fraction of sp³-hybridized carbons (Fsp3) is 0.385. The molecule has 0 aliphatic rings. The number of nitro groups is 1. The van der Waals surface area contributed by atoms with Crippen LogP contribution in [0.15, 0.2) is 21.7 Å². The number of H-pyrrole nitrogens is 2. The number of nitro benzene ring substituents is 1. The van der Waals surface area contributed by atoms with Crippen molar-refractivity contribution in [2.24, 2.45) is 0 Å². The highest BCUT2D eigenvalue weighted by molar-refractivity contribution is 7.98. The van der Waals surface area contributed by atoms with Crippen molar-refractivity contribution in [3.63, 3.8) is 0 Å². The van der Waals surface area contributed by atoms with Crippen LogP contribution in [0.5, 0.6) is 0 Å². The first-order chi connectivity index (χ1) is 12.1. The number of nitrogens with one attached hydrogen (secondary N) is 3. The van der Waals surface area contributed by atoms with E-state index >= 15 is 0 Å². The molecule has 2 aromatic rings. The van der Waals surface area contributed by atoms with Crippen molar-refractivity contribution in [3.8, 4) is 0 Å². The van der Waals surface area contributed by atoms with Gasteiger partial charge < -0.3 is 19.8 Å². The van der Waals surface area contributed by atoms with Crippen LogP contribution in [0.25, 0.3) is 11.0 Å². The van der Waals surface area contributed by atoms with Crippen molar-refractivity contribution in [3.05, 3.63) is 48.5 Å². The highest BCUT2D eigenvalue weighted by Crippen LogP contribution is 2.42. The standard InChI is InChI=1S/C13H17N4O7PS/c1-26-3-2-10(25(22,23)24)14-6-7-4-8(17(20)21)5-9-11(7)16-13(19)12(18)15-9/h4-5,10,14H,2-3,6H2,1H3,(H,15,18)(H,16,19)(H2,22,23,24). The first-order valence-corrected chi connectivity index (χ1v) is 10.4. The molecule has 0 saturated heterocycles. The SMILES string of the molecule is CSCCC(NCc1cc([N+](=O)[O-])cc2[nH]c(=O)c(=O)[nH]c12)P(=O)(O)O. The molecule has 26 heavy (non-hydrogen) atoms. The fourth-order valence-corrected chi connectivity index (χ4v) is 3.81. The molecule has 5 N–H and O–H groups in total. The minimum atomic E-state index is -4.44. The van der Waals surface area contributed by atoms with Crippen LogP contribution in [0.4, 0.5) is 5.69 Å². The number of aromatic amines is 2. The largest absolute Gasteiger partial charge is 0.342 e. The Balaban J connectivity index is 2.45. The number of nitrogens with zero attached hydrogens (tertiary/aromatic N) is 1. The molecule has 1 atom stereocenters. The lowest BCUT2D eigenvalue weighted by atomic mass is 10.1. The Morgan fingerprint density at radius 3 is 2.54 bits per heavy atom. The summed E-state index contributed by atoms with van der Waals surface area (Å²) in [5, 5.41) is 13.8. The molecule has 0 amide bonds. The van der Waals surface area contributed by atoms with E-state index in [1.807, 2.05) is 0 Å². The topological polar surface area (TPSA) is 178 Å². The van der Waals surface area contributed by atoms with Gasteiger partial charge in [-0.2, -0.15) is 11.8 Å². The molecule has 11 nitrogen and oxygen atoms in total. The van der Waals surface area contributed by atoms with Crippen LogP contribution in [0.1, 0.15) is 12.0 Å². The molecule has 142 valence electrons. The number of non-ortho nitro benzene ring substituents is 1. The smallest absolute Gasteiger partial charge is 0.323 e. The van der Waals surface area contributed by atoms with E-state index in [0.717, 1.165) is 6.07 Å². The lowest BCUT2D eigenvalue weighted by Gasteiger charge is -2.20. The average molecular weight is 404 g/mol. The summed E-state index contributed by atoms with van der Waals surface area (Å²) >= 11 is 1.42. The van der Waals surface area contributed by atoms with Crippen LogP contribution in [0.2, 0.25) is 0 Å². The first-order valence-electron chi connectivity index (χ1n) is 7.34. The summed E-state index contributed by atoms with van der Waals surface area (Å²) < 4.78 is 11.6. The lowest BCUT2D eigenvalue weighted by Crippen LogP contribution is -2.31. The molecule has 2 rings (SSSR count). The van der Waals surface area contributed by atoms with Crippen LogP contribution in [0.3, 0.4) is 0 Å². The molecule has 1 heterocycles. The number of aromatic nitrogens is 2. The first kappa shape index (κ1) is 20.3. The van der Waals surface area contributed by atoms with Gasteiger partial charge in [-0.1, -0.05) is 0 Å². The number of hydrogen-bond acceptors (Lipinski definition) is 7. The van der Waals surface area contributed by atoms with Gasteiger partial charge in [-0.15, -0.1) is 0 Å². The molecule has 1 aromatic heterocycles. The van der Waals surface area contributed by atoms with E-state index in [-0.39, 0.29) is 35.2 Å². The van der Waals surface area contributed by atoms with Crippen molar-refractivity contribution < 1.29 is 19.3 Å². The molecule has 13 heteroatoms. The predicted molar refractivity (Wildman–Crippen MR) is 97.5 cm³/mol. The summed E-state index contributed by atoms with van der Waals surface area (Å²) in [6, 6.07) is 2.28. The van der Waals surface area contributed by atoms with Crippen molar-refractivity contribution in [1.82, 2.24) is 15.3 Å². The average Bonchev–Trinajstić information content (AvgIpc) is 2.54. The highest BCUT2D eigenvalue weighted by atomic mass is 32.2. The Hall–Kier alpha value is -1.98. The van der Waals surface area contributed by atoms with Crippen LogP contribution in [-0.2, 0) is 11.1 Å². The summed E-state index contributed by atoms with van der Waals surface area (Å²) in [7, 11) is -4.44. The summed E-state index contributed by atoms with van der Waals surface area (Å²) in [5.74, 6) is -0.637. The normalized spacial score (nSPS) is 13.0. The number of rotatable bonds is 8. The number of thioether (sulfide) groups is 1. The van der Waals surface area contributed by atoms with Crippen molar-refractivity contribution in [2.45, 2.75) is 18.7 Å². The van der Waals surface area contributed by atoms with Crippen LogP contribution in [0, 0.1) is 10.1 Å². The molecule has 0 spiro atoms. The van der Waals surface area contributed by atoms with Gasteiger partial charge in [0, 0.05) is 18.7 Å². The fourth-order valence-electron chi connectivity index (χ4n) is 2.37. The Bertz CT molecular complexity index is 983. The third-order valence-electron chi connectivity index (χ3n) is 3.64. The maximum absolute atomic E-state index is 11.6. The van der Waals surface area contributed by atoms with E-state index in [0.29, 0.717) is 5.75 Å². The maximum atomic E-state index is 11.6. The molecule has 1 unspecified atom stereocenters. The molecule has 0 fully saturated rings. The Labute approximate surface area is 150 Å². The Morgan fingerprint density at radius 1 is 1.31 bits per heavy atom. The zero-order valence-electron chi connectivity index (χ0n) is 13.6. The van der Waals surface area contributed by atoms with Gasteiger partial charge in [-0.3, -0.25) is 29.6 Å². The van der Waals surface area contributed by atoms with Crippen LogP contribution < -0.4 is 16.4 Å². The van der Waals surface area contributed by atoms with Crippen molar-refractivity contribution in [2.75, 3.05) is 12.0 Å². The molecule has 0 saturated carbocycles. The van der Waals surface area contributed by atoms with Gasteiger partial charge in [0.25, 0.3) is 5.69 Å². The van der Waals surface area contributed by atoms with E-state index in [1.165, 1.54) is 17.8 Å². The minimum Gasteiger partial charge on any atom is -0.323 e.